The minimum atomic E-state index is -4.95. The van der Waals surface area contributed by atoms with Crippen molar-refractivity contribution in [2.75, 3.05) is 6.54 Å². The van der Waals surface area contributed by atoms with E-state index in [2.05, 4.69) is 4.98 Å². The van der Waals surface area contributed by atoms with Crippen LogP contribution in [0.15, 0.2) is 53.7 Å². The molecule has 150 valence electrons. The highest BCUT2D eigenvalue weighted by molar-refractivity contribution is 7.89. The second-order valence-electron chi connectivity index (χ2n) is 5.84. The highest BCUT2D eigenvalue weighted by Crippen LogP contribution is 2.41. The van der Waals surface area contributed by atoms with Crippen LogP contribution >= 0.6 is 11.6 Å². The van der Waals surface area contributed by atoms with Crippen LogP contribution in [0.5, 0.6) is 0 Å². The fraction of sp³-hybridized carbons (Fsp3) is 0.235. The van der Waals surface area contributed by atoms with Gasteiger partial charge in [0.15, 0.2) is 5.15 Å². The number of benzene rings is 1. The summed E-state index contributed by atoms with van der Waals surface area (Å²) in [7, 11) is -4.73. The number of hydrogen-bond donors (Lipinski definition) is 0. The molecular weight excluding hydrogens is 422 g/mol. The molecule has 1 unspecified atom stereocenters. The molecule has 0 aliphatic carbocycles. The summed E-state index contributed by atoms with van der Waals surface area (Å²) in [5.41, 5.74) is -0.244. The number of alkyl halides is 3. The third kappa shape index (κ3) is 3.59. The number of rotatable bonds is 5. The smallest absolute Gasteiger partial charge is 0.289 e. The van der Waals surface area contributed by atoms with E-state index in [0.717, 1.165) is 24.3 Å². The van der Waals surface area contributed by atoms with E-state index >= 15 is 0 Å². The van der Waals surface area contributed by atoms with Crippen LogP contribution in [0.1, 0.15) is 18.5 Å². The molecule has 2 aromatic heterocycles. The van der Waals surface area contributed by atoms with Crippen LogP contribution in [0.25, 0.3) is 5.65 Å². The van der Waals surface area contributed by atoms with Gasteiger partial charge in [0.05, 0.1) is 0 Å². The fourth-order valence-electron chi connectivity index (χ4n) is 2.87. The lowest BCUT2D eigenvalue weighted by molar-refractivity contribution is -0.173. The van der Waals surface area contributed by atoms with Crippen molar-refractivity contribution in [3.05, 3.63) is 65.2 Å². The fourth-order valence-corrected chi connectivity index (χ4v) is 4.95. The van der Waals surface area contributed by atoms with Gasteiger partial charge in [0.1, 0.15) is 17.5 Å². The lowest BCUT2D eigenvalue weighted by atomic mass is 10.1. The number of aromatic nitrogens is 2. The summed E-state index contributed by atoms with van der Waals surface area (Å²) in [4.78, 5) is 3.90. The molecule has 11 heteroatoms. The largest absolute Gasteiger partial charge is 0.409 e. The van der Waals surface area contributed by atoms with Gasteiger partial charge in [-0.1, -0.05) is 36.7 Å². The molecule has 1 atom stereocenters. The summed E-state index contributed by atoms with van der Waals surface area (Å²) in [6.45, 7) is 0.762. The molecule has 1 aromatic carbocycles. The Bertz CT molecular complexity index is 1100. The van der Waals surface area contributed by atoms with E-state index in [0.29, 0.717) is 0 Å². The third-order valence-corrected chi connectivity index (χ3v) is 6.42. The van der Waals surface area contributed by atoms with Crippen LogP contribution in [0.4, 0.5) is 17.6 Å². The van der Waals surface area contributed by atoms with Gasteiger partial charge >= 0.3 is 6.18 Å². The van der Waals surface area contributed by atoms with Gasteiger partial charge in [-0.05, 0) is 29.8 Å². The van der Waals surface area contributed by atoms with E-state index in [-0.39, 0.29) is 15.1 Å². The van der Waals surface area contributed by atoms with E-state index in [9.17, 15) is 26.0 Å². The van der Waals surface area contributed by atoms with Gasteiger partial charge in [0, 0.05) is 12.7 Å². The second-order valence-corrected chi connectivity index (χ2v) is 8.00. The van der Waals surface area contributed by atoms with Crippen molar-refractivity contribution in [2.24, 2.45) is 0 Å². The second kappa shape index (κ2) is 7.34. The highest BCUT2D eigenvalue weighted by Gasteiger charge is 2.49. The predicted octanol–water partition coefficient (Wildman–Crippen LogP) is 4.44. The number of pyridine rings is 1. The first-order valence-electron chi connectivity index (χ1n) is 8.04. The van der Waals surface area contributed by atoms with Crippen molar-refractivity contribution in [3.63, 3.8) is 0 Å². The first-order valence-corrected chi connectivity index (χ1v) is 9.85. The van der Waals surface area contributed by atoms with Crippen molar-refractivity contribution in [3.8, 4) is 0 Å². The molecule has 0 N–H and O–H groups in total. The SMILES string of the molecule is CCN(C(c1ccc(F)cc1)C(F)(F)F)S(=O)(=O)c1nc2ccccn2c1Cl. The van der Waals surface area contributed by atoms with E-state index in [1.165, 1.54) is 23.6 Å². The maximum absolute atomic E-state index is 13.8. The number of sulfonamides is 1. The summed E-state index contributed by atoms with van der Waals surface area (Å²) in [6, 6.07) is 5.59. The van der Waals surface area contributed by atoms with E-state index in [1.54, 1.807) is 12.1 Å². The molecular formula is C17H14ClF4N3O2S. The highest BCUT2D eigenvalue weighted by atomic mass is 35.5. The Kier molecular flexibility index (Phi) is 5.39. The monoisotopic (exact) mass is 435 g/mol. The molecule has 3 aromatic rings. The quantitative estimate of drug-likeness (QED) is 0.557. The number of imidazole rings is 1. The van der Waals surface area contributed by atoms with Crippen molar-refractivity contribution in [2.45, 2.75) is 24.2 Å². The zero-order valence-electron chi connectivity index (χ0n) is 14.4. The number of fused-ring (bicyclic) bond motifs is 1. The Hall–Kier alpha value is -2.17. The number of halogens is 5. The van der Waals surface area contributed by atoms with Gasteiger partial charge in [-0.15, -0.1) is 0 Å². The Morgan fingerprint density at radius 3 is 2.36 bits per heavy atom. The summed E-state index contributed by atoms with van der Waals surface area (Å²) < 4.78 is 82.3. The van der Waals surface area contributed by atoms with Crippen LogP contribution in [-0.2, 0) is 10.0 Å². The summed E-state index contributed by atoms with van der Waals surface area (Å²) in [6.07, 6.45) is -3.51. The maximum Gasteiger partial charge on any atom is 0.409 e. The minimum absolute atomic E-state index is 0.174. The Balaban J connectivity index is 2.17. The van der Waals surface area contributed by atoms with Crippen LogP contribution < -0.4 is 0 Å². The molecule has 0 spiro atoms. The van der Waals surface area contributed by atoms with Gasteiger partial charge in [-0.2, -0.15) is 17.5 Å². The lowest BCUT2D eigenvalue weighted by Gasteiger charge is -2.31. The van der Waals surface area contributed by atoms with Gasteiger partial charge in [0.2, 0.25) is 5.03 Å². The molecule has 0 fully saturated rings. The van der Waals surface area contributed by atoms with Gasteiger partial charge in [-0.25, -0.2) is 17.8 Å². The van der Waals surface area contributed by atoms with Crippen molar-refractivity contribution >= 4 is 27.3 Å². The third-order valence-electron chi connectivity index (χ3n) is 4.09. The summed E-state index contributed by atoms with van der Waals surface area (Å²) in [5, 5.41) is -1.01. The van der Waals surface area contributed by atoms with Crippen LogP contribution in [-0.4, -0.2) is 34.8 Å². The molecule has 3 rings (SSSR count). The topological polar surface area (TPSA) is 54.7 Å². The molecule has 0 radical (unpaired) electrons. The molecule has 0 aliphatic rings. The normalized spacial score (nSPS) is 14.0. The molecule has 0 bridgehead atoms. The van der Waals surface area contributed by atoms with E-state index in [4.69, 9.17) is 11.6 Å². The standard InChI is InChI=1S/C17H14ClF4N3O2S/c1-2-25(14(17(20,21)22)11-6-8-12(19)9-7-11)28(26,27)16-15(18)24-10-4-3-5-13(24)23-16/h3-10,14H,2H2,1H3. The lowest BCUT2D eigenvalue weighted by Crippen LogP contribution is -2.42. The van der Waals surface area contributed by atoms with Crippen LogP contribution in [0.3, 0.4) is 0 Å². The zero-order chi connectivity index (χ0) is 20.7. The molecule has 0 amide bonds. The van der Waals surface area contributed by atoms with Crippen molar-refractivity contribution < 1.29 is 26.0 Å². The Labute approximate surface area is 163 Å². The van der Waals surface area contributed by atoms with E-state index in [1.807, 2.05) is 0 Å². The van der Waals surface area contributed by atoms with Gasteiger partial charge < -0.3 is 0 Å². The van der Waals surface area contributed by atoms with E-state index < -0.39 is 45.2 Å². The minimum Gasteiger partial charge on any atom is -0.289 e. The van der Waals surface area contributed by atoms with Crippen molar-refractivity contribution in [1.82, 2.24) is 13.7 Å². The molecule has 28 heavy (non-hydrogen) atoms. The molecule has 0 aliphatic heterocycles. The summed E-state index contributed by atoms with van der Waals surface area (Å²) >= 11 is 6.09. The average molecular weight is 436 g/mol. The van der Waals surface area contributed by atoms with Gasteiger partial charge in [-0.3, -0.25) is 4.40 Å². The average Bonchev–Trinajstić information content (AvgIpc) is 2.97. The van der Waals surface area contributed by atoms with Crippen LogP contribution in [0.2, 0.25) is 5.15 Å². The predicted molar refractivity (Wildman–Crippen MR) is 95.0 cm³/mol. The molecule has 0 saturated carbocycles. The molecule has 5 nitrogen and oxygen atoms in total. The number of hydrogen-bond acceptors (Lipinski definition) is 3. The number of nitrogens with zero attached hydrogens (tertiary/aromatic N) is 3. The van der Waals surface area contributed by atoms with Crippen molar-refractivity contribution in [1.29, 1.82) is 0 Å². The Morgan fingerprint density at radius 2 is 1.82 bits per heavy atom. The van der Waals surface area contributed by atoms with Gasteiger partial charge in [0.25, 0.3) is 10.0 Å². The molecule has 2 heterocycles. The van der Waals surface area contributed by atoms with Crippen LogP contribution in [0, 0.1) is 5.82 Å². The first-order chi connectivity index (χ1) is 13.1. The maximum atomic E-state index is 13.8. The molecule has 0 saturated heterocycles. The Morgan fingerprint density at radius 1 is 1.18 bits per heavy atom. The first kappa shape index (κ1) is 20.6. The summed E-state index contributed by atoms with van der Waals surface area (Å²) in [5.74, 6) is -0.737. The zero-order valence-corrected chi connectivity index (χ0v) is 15.9.